The predicted octanol–water partition coefficient (Wildman–Crippen LogP) is 4.04. The van der Waals surface area contributed by atoms with Crippen LogP contribution in [0.15, 0.2) is 57.9 Å². The molecule has 2 aromatic carbocycles. The summed E-state index contributed by atoms with van der Waals surface area (Å²) in [4.78, 5) is 13.0. The van der Waals surface area contributed by atoms with E-state index in [0.29, 0.717) is 30.8 Å². The van der Waals surface area contributed by atoms with Gasteiger partial charge in [0.1, 0.15) is 0 Å². The molecule has 1 aliphatic heterocycles. The van der Waals surface area contributed by atoms with Crippen molar-refractivity contribution in [2.75, 3.05) is 13.1 Å². The molecule has 0 bridgehead atoms. The van der Waals surface area contributed by atoms with E-state index < -0.39 is 10.0 Å². The molecule has 0 aromatic heterocycles. The molecule has 150 valence electrons. The van der Waals surface area contributed by atoms with Crippen molar-refractivity contribution < 1.29 is 13.2 Å². The van der Waals surface area contributed by atoms with Gasteiger partial charge in [-0.25, -0.2) is 8.42 Å². The molecule has 0 saturated carbocycles. The van der Waals surface area contributed by atoms with Gasteiger partial charge in [-0.15, -0.1) is 0 Å². The van der Waals surface area contributed by atoms with Crippen LogP contribution >= 0.6 is 15.9 Å². The van der Waals surface area contributed by atoms with Gasteiger partial charge in [-0.05, 0) is 50.5 Å². The zero-order chi connectivity index (χ0) is 20.3. The van der Waals surface area contributed by atoms with Crippen molar-refractivity contribution in [1.82, 2.24) is 9.62 Å². The fraction of sp³-hybridized carbons (Fsp3) is 0.381. The van der Waals surface area contributed by atoms with Gasteiger partial charge in [0.15, 0.2) is 0 Å². The van der Waals surface area contributed by atoms with Crippen LogP contribution in [0, 0.1) is 12.8 Å². The molecule has 1 amide bonds. The van der Waals surface area contributed by atoms with Gasteiger partial charge in [-0.3, -0.25) is 4.79 Å². The number of hydrogen-bond acceptors (Lipinski definition) is 3. The Morgan fingerprint density at radius 1 is 1.11 bits per heavy atom. The molecule has 0 spiro atoms. The van der Waals surface area contributed by atoms with E-state index in [2.05, 4.69) is 21.2 Å². The molecule has 2 aromatic rings. The molecule has 1 unspecified atom stereocenters. The molecular weight excluding hydrogens is 440 g/mol. The first-order valence-electron chi connectivity index (χ1n) is 9.40. The van der Waals surface area contributed by atoms with E-state index in [1.165, 1.54) is 4.31 Å². The summed E-state index contributed by atoms with van der Waals surface area (Å²) < 4.78 is 28.0. The highest BCUT2D eigenvalue weighted by Gasteiger charge is 2.32. The molecule has 1 heterocycles. The fourth-order valence-electron chi connectivity index (χ4n) is 3.45. The number of nitrogens with one attached hydrogen (secondary N) is 1. The van der Waals surface area contributed by atoms with Crippen LogP contribution < -0.4 is 5.32 Å². The number of nitrogens with zero attached hydrogens (tertiary/aromatic N) is 1. The summed E-state index contributed by atoms with van der Waals surface area (Å²) >= 11 is 3.51. The second-order valence-electron chi connectivity index (χ2n) is 7.24. The highest BCUT2D eigenvalue weighted by Crippen LogP contribution is 2.26. The summed E-state index contributed by atoms with van der Waals surface area (Å²) in [6.07, 6.45) is 1.05. The van der Waals surface area contributed by atoms with Gasteiger partial charge < -0.3 is 5.32 Å². The van der Waals surface area contributed by atoms with Crippen LogP contribution in [0.1, 0.15) is 36.9 Å². The first kappa shape index (κ1) is 21.0. The van der Waals surface area contributed by atoms with E-state index >= 15 is 0 Å². The van der Waals surface area contributed by atoms with Gasteiger partial charge in [-0.2, -0.15) is 4.31 Å². The van der Waals surface area contributed by atoms with E-state index in [9.17, 15) is 13.2 Å². The summed E-state index contributed by atoms with van der Waals surface area (Å²) in [6.45, 7) is 4.60. The third-order valence-corrected chi connectivity index (χ3v) is 7.85. The lowest BCUT2D eigenvalue weighted by Gasteiger charge is -2.31. The lowest BCUT2D eigenvalue weighted by molar-refractivity contribution is -0.126. The van der Waals surface area contributed by atoms with Crippen molar-refractivity contribution in [1.29, 1.82) is 0 Å². The lowest BCUT2D eigenvalue weighted by Crippen LogP contribution is -2.43. The van der Waals surface area contributed by atoms with Gasteiger partial charge >= 0.3 is 0 Å². The van der Waals surface area contributed by atoms with Gasteiger partial charge in [0.2, 0.25) is 15.9 Å². The predicted molar refractivity (Wildman–Crippen MR) is 113 cm³/mol. The maximum Gasteiger partial charge on any atom is 0.243 e. The monoisotopic (exact) mass is 464 g/mol. The summed E-state index contributed by atoms with van der Waals surface area (Å²) in [6, 6.07) is 14.6. The molecule has 1 atom stereocenters. The topological polar surface area (TPSA) is 66.5 Å². The fourth-order valence-corrected chi connectivity index (χ4v) is 5.55. The highest BCUT2D eigenvalue weighted by atomic mass is 79.9. The number of carbonyl (C=O) groups excluding carboxylic acids is 1. The number of sulfonamides is 1. The number of amides is 1. The number of carbonyl (C=O) groups is 1. The van der Waals surface area contributed by atoms with E-state index in [1.807, 2.05) is 38.1 Å². The van der Waals surface area contributed by atoms with Crippen LogP contribution in [0.25, 0.3) is 0 Å². The Hall–Kier alpha value is -1.70. The Morgan fingerprint density at radius 2 is 1.71 bits per heavy atom. The molecule has 5 nitrogen and oxygen atoms in total. The SMILES string of the molecule is Cc1ccc(S(=O)(=O)N2CCC(C(=O)NC(C)c3ccccc3Br)CC2)cc1. The molecule has 1 saturated heterocycles. The van der Waals surface area contributed by atoms with Gasteiger partial charge in [0.25, 0.3) is 0 Å². The second kappa shape index (κ2) is 8.76. The van der Waals surface area contributed by atoms with Crippen LogP contribution in [0.5, 0.6) is 0 Å². The largest absolute Gasteiger partial charge is 0.349 e. The number of aryl methyl sites for hydroxylation is 1. The highest BCUT2D eigenvalue weighted by molar-refractivity contribution is 9.10. The summed E-state index contributed by atoms with van der Waals surface area (Å²) in [5, 5.41) is 3.06. The second-order valence-corrected chi connectivity index (χ2v) is 10.0. The molecule has 1 aliphatic rings. The molecule has 0 radical (unpaired) electrons. The lowest BCUT2D eigenvalue weighted by atomic mass is 9.96. The number of benzene rings is 2. The van der Waals surface area contributed by atoms with Crippen LogP contribution in [0.4, 0.5) is 0 Å². The molecule has 7 heteroatoms. The average Bonchev–Trinajstić information content (AvgIpc) is 2.68. The minimum atomic E-state index is -3.50. The summed E-state index contributed by atoms with van der Waals surface area (Å²) in [5.74, 6) is -0.190. The van der Waals surface area contributed by atoms with Crippen molar-refractivity contribution in [2.24, 2.45) is 5.92 Å². The third-order valence-electron chi connectivity index (χ3n) is 5.21. The van der Waals surface area contributed by atoms with Gasteiger partial charge in [-0.1, -0.05) is 51.8 Å². The van der Waals surface area contributed by atoms with Crippen molar-refractivity contribution >= 4 is 31.9 Å². The maximum atomic E-state index is 12.8. The maximum absolute atomic E-state index is 12.8. The van der Waals surface area contributed by atoms with Crippen molar-refractivity contribution in [3.05, 3.63) is 64.1 Å². The molecule has 1 fully saturated rings. The quantitative estimate of drug-likeness (QED) is 0.725. The van der Waals surface area contributed by atoms with E-state index in [4.69, 9.17) is 0 Å². The van der Waals surface area contributed by atoms with Gasteiger partial charge in [0.05, 0.1) is 10.9 Å². The Bertz CT molecular complexity index is 936. The molecule has 28 heavy (non-hydrogen) atoms. The molecular formula is C21H25BrN2O3S. The first-order valence-corrected chi connectivity index (χ1v) is 11.6. The summed E-state index contributed by atoms with van der Waals surface area (Å²) in [5.41, 5.74) is 2.05. The molecule has 1 N–H and O–H groups in total. The Morgan fingerprint density at radius 3 is 2.32 bits per heavy atom. The number of rotatable bonds is 5. The summed E-state index contributed by atoms with van der Waals surface area (Å²) in [7, 11) is -3.50. The van der Waals surface area contributed by atoms with Crippen molar-refractivity contribution in [3.63, 3.8) is 0 Å². The van der Waals surface area contributed by atoms with E-state index in [-0.39, 0.29) is 17.9 Å². The minimum absolute atomic E-state index is 0.0179. The first-order chi connectivity index (χ1) is 13.3. The van der Waals surface area contributed by atoms with Gasteiger partial charge in [0, 0.05) is 23.5 Å². The van der Waals surface area contributed by atoms with E-state index in [0.717, 1.165) is 15.6 Å². The van der Waals surface area contributed by atoms with Crippen LogP contribution in [-0.2, 0) is 14.8 Å². The third kappa shape index (κ3) is 4.64. The number of piperidine rings is 1. The zero-order valence-corrected chi connectivity index (χ0v) is 18.5. The normalized spacial score (nSPS) is 17.2. The smallest absolute Gasteiger partial charge is 0.243 e. The van der Waals surface area contributed by atoms with E-state index in [1.54, 1.807) is 24.3 Å². The Balaban J connectivity index is 1.59. The Labute approximate surface area is 175 Å². The van der Waals surface area contributed by atoms with Crippen molar-refractivity contribution in [3.8, 4) is 0 Å². The van der Waals surface area contributed by atoms with Crippen LogP contribution in [0.2, 0.25) is 0 Å². The van der Waals surface area contributed by atoms with Crippen molar-refractivity contribution in [2.45, 2.75) is 37.6 Å². The minimum Gasteiger partial charge on any atom is -0.349 e. The zero-order valence-electron chi connectivity index (χ0n) is 16.1. The number of halogens is 1. The van der Waals surface area contributed by atoms with Crippen LogP contribution in [0.3, 0.4) is 0 Å². The molecule has 3 rings (SSSR count). The average molecular weight is 465 g/mol. The number of hydrogen-bond donors (Lipinski definition) is 1. The van der Waals surface area contributed by atoms with Crippen LogP contribution in [-0.4, -0.2) is 31.7 Å². The Kier molecular flexibility index (Phi) is 6.58. The molecule has 0 aliphatic carbocycles. The standard InChI is InChI=1S/C21H25BrN2O3S/c1-15-7-9-18(10-8-15)28(26,27)24-13-11-17(12-14-24)21(25)23-16(2)19-5-3-4-6-20(19)22/h3-10,16-17H,11-14H2,1-2H3,(H,23,25).